The molecule has 0 unspecified atom stereocenters. The fourth-order valence-electron chi connectivity index (χ4n) is 3.40. The number of carbonyl (C=O) groups excluding carboxylic acids is 3. The molecule has 6 nitrogen and oxygen atoms in total. The molecule has 3 aromatic carbocycles. The predicted molar refractivity (Wildman–Crippen MR) is 130 cm³/mol. The minimum atomic E-state index is -0.220. The van der Waals surface area contributed by atoms with Crippen LogP contribution in [0.3, 0.4) is 0 Å². The van der Waals surface area contributed by atoms with Gasteiger partial charge in [-0.2, -0.15) is 0 Å². The molecule has 0 aliphatic carbocycles. The Morgan fingerprint density at radius 3 is 1.88 bits per heavy atom. The van der Waals surface area contributed by atoms with Gasteiger partial charge >= 0.3 is 0 Å². The number of hydrogen-bond acceptors (Lipinski definition) is 4. The second kappa shape index (κ2) is 12.3. The molecule has 1 fully saturated rings. The van der Waals surface area contributed by atoms with Crippen LogP contribution in [0, 0.1) is 0 Å². The molecule has 170 valence electrons. The van der Waals surface area contributed by atoms with Crippen LogP contribution in [0.5, 0.6) is 0 Å². The molecule has 0 radical (unpaired) electrons. The number of piperazine rings is 1. The summed E-state index contributed by atoms with van der Waals surface area (Å²) >= 11 is 0. The van der Waals surface area contributed by atoms with E-state index < -0.39 is 0 Å². The van der Waals surface area contributed by atoms with E-state index in [0.29, 0.717) is 5.56 Å². The molecule has 1 aliphatic heterocycles. The molecule has 0 atom stereocenters. The average Bonchev–Trinajstić information content (AvgIpc) is 2.89. The number of benzene rings is 3. The summed E-state index contributed by atoms with van der Waals surface area (Å²) in [5, 5.41) is 2.72. The van der Waals surface area contributed by atoms with E-state index in [4.69, 9.17) is 0 Å². The molecule has 33 heavy (non-hydrogen) atoms. The molecule has 1 aliphatic rings. The van der Waals surface area contributed by atoms with Crippen molar-refractivity contribution in [1.82, 2.24) is 15.1 Å². The zero-order valence-electron chi connectivity index (χ0n) is 18.8. The van der Waals surface area contributed by atoms with Crippen molar-refractivity contribution in [1.29, 1.82) is 0 Å². The van der Waals surface area contributed by atoms with Gasteiger partial charge in [-0.15, -0.1) is 0 Å². The van der Waals surface area contributed by atoms with Crippen LogP contribution in [0.2, 0.25) is 0 Å². The normalized spacial score (nSPS) is 13.4. The Bertz CT molecular complexity index is 1030. The monoisotopic (exact) mass is 443 g/mol. The zero-order valence-corrected chi connectivity index (χ0v) is 18.8. The van der Waals surface area contributed by atoms with Gasteiger partial charge in [0.05, 0.1) is 6.54 Å². The van der Waals surface area contributed by atoms with Crippen LogP contribution >= 0.6 is 0 Å². The highest BCUT2D eigenvalue weighted by Crippen LogP contribution is 2.19. The lowest BCUT2D eigenvalue weighted by Gasteiger charge is -2.32. The highest BCUT2D eigenvalue weighted by atomic mass is 16.2. The van der Waals surface area contributed by atoms with Gasteiger partial charge in [-0.1, -0.05) is 72.8 Å². The van der Waals surface area contributed by atoms with Crippen molar-refractivity contribution in [2.45, 2.75) is 0 Å². The van der Waals surface area contributed by atoms with Gasteiger partial charge in [0.15, 0.2) is 0 Å². The van der Waals surface area contributed by atoms with Crippen LogP contribution in [0.25, 0.3) is 11.1 Å². The lowest BCUT2D eigenvalue weighted by Crippen LogP contribution is -2.50. The highest BCUT2D eigenvalue weighted by molar-refractivity contribution is 5.96. The van der Waals surface area contributed by atoms with Gasteiger partial charge in [-0.25, -0.2) is 0 Å². The first kappa shape index (κ1) is 23.9. The average molecular weight is 444 g/mol. The van der Waals surface area contributed by atoms with Crippen molar-refractivity contribution in [3.63, 3.8) is 0 Å². The summed E-state index contributed by atoms with van der Waals surface area (Å²) in [5.74, 6) is -0.246. The Labute approximate surface area is 194 Å². The van der Waals surface area contributed by atoms with Crippen LogP contribution < -0.4 is 5.32 Å². The number of carbonyl (C=O) groups is 3. The molecule has 1 saturated heterocycles. The van der Waals surface area contributed by atoms with Crippen LogP contribution in [0.4, 0.5) is 0 Å². The summed E-state index contributed by atoms with van der Waals surface area (Å²) in [6, 6.07) is 26.5. The van der Waals surface area contributed by atoms with E-state index in [2.05, 4.69) is 10.2 Å². The predicted octanol–water partition coefficient (Wildman–Crippen LogP) is 3.36. The van der Waals surface area contributed by atoms with E-state index in [1.54, 1.807) is 29.2 Å². The number of likely N-dealkylation sites (N-methyl/N-ethyl adjacent to an activating group) is 1. The third kappa shape index (κ3) is 7.40. The third-order valence-electron chi connectivity index (χ3n) is 5.45. The van der Waals surface area contributed by atoms with Gasteiger partial charge in [-0.3, -0.25) is 14.4 Å². The highest BCUT2D eigenvalue weighted by Gasteiger charge is 2.19. The summed E-state index contributed by atoms with van der Waals surface area (Å²) in [4.78, 5) is 38.4. The van der Waals surface area contributed by atoms with Gasteiger partial charge in [0.25, 0.3) is 5.91 Å². The topological polar surface area (TPSA) is 69.7 Å². The van der Waals surface area contributed by atoms with E-state index >= 15 is 0 Å². The second-order valence-electron chi connectivity index (χ2n) is 7.84. The van der Waals surface area contributed by atoms with Crippen molar-refractivity contribution < 1.29 is 14.4 Å². The standard InChI is InChI=1S/C20H23N3O2.C7H6O/c1-22-11-13-23(14-12-22)19(24)15-21-20(25)18-9-7-17(8-10-18)16-5-3-2-4-6-16;8-6-7-4-2-1-3-5-7/h2-10H,11-15H2,1H3,(H,21,25);1-6H. The molecular weight excluding hydrogens is 414 g/mol. The van der Waals surface area contributed by atoms with Gasteiger partial charge < -0.3 is 15.1 Å². The van der Waals surface area contributed by atoms with Crippen molar-refractivity contribution in [2.24, 2.45) is 0 Å². The molecular formula is C27H29N3O3. The van der Waals surface area contributed by atoms with E-state index in [1.807, 2.05) is 67.7 Å². The fraction of sp³-hybridized carbons (Fsp3) is 0.222. The number of nitrogens with zero attached hydrogens (tertiary/aromatic N) is 2. The third-order valence-corrected chi connectivity index (χ3v) is 5.45. The summed E-state index contributed by atoms with van der Waals surface area (Å²) in [5.41, 5.74) is 3.46. The number of aldehydes is 1. The number of hydrogen-bond donors (Lipinski definition) is 1. The first-order chi connectivity index (χ1) is 16.1. The zero-order chi connectivity index (χ0) is 23.5. The fourth-order valence-corrected chi connectivity index (χ4v) is 3.40. The smallest absolute Gasteiger partial charge is 0.251 e. The summed E-state index contributed by atoms with van der Waals surface area (Å²) in [6.07, 6.45) is 0.833. The summed E-state index contributed by atoms with van der Waals surface area (Å²) in [7, 11) is 2.04. The number of amides is 2. The van der Waals surface area contributed by atoms with Crippen molar-refractivity contribution >= 4 is 18.1 Å². The summed E-state index contributed by atoms with van der Waals surface area (Å²) in [6.45, 7) is 3.23. The van der Waals surface area contributed by atoms with Crippen molar-refractivity contribution in [2.75, 3.05) is 39.8 Å². The maximum Gasteiger partial charge on any atom is 0.251 e. The van der Waals surface area contributed by atoms with Crippen LogP contribution in [0.15, 0.2) is 84.9 Å². The SMILES string of the molecule is CN1CCN(C(=O)CNC(=O)c2ccc(-c3ccccc3)cc2)CC1.O=Cc1ccccc1. The Morgan fingerprint density at radius 2 is 1.33 bits per heavy atom. The van der Waals surface area contributed by atoms with Crippen molar-refractivity contribution in [3.05, 3.63) is 96.1 Å². The van der Waals surface area contributed by atoms with Gasteiger partial charge in [0, 0.05) is 37.3 Å². The maximum absolute atomic E-state index is 12.2. The van der Waals surface area contributed by atoms with Gasteiger partial charge in [0.2, 0.25) is 5.91 Å². The molecule has 6 heteroatoms. The van der Waals surface area contributed by atoms with Crippen LogP contribution in [0.1, 0.15) is 20.7 Å². The minimum absolute atomic E-state index is 0.0256. The van der Waals surface area contributed by atoms with Crippen molar-refractivity contribution in [3.8, 4) is 11.1 Å². The Kier molecular flexibility index (Phi) is 8.91. The molecule has 0 aromatic heterocycles. The van der Waals surface area contributed by atoms with Gasteiger partial charge in [0.1, 0.15) is 6.29 Å². The molecule has 0 saturated carbocycles. The lowest BCUT2D eigenvalue weighted by atomic mass is 10.0. The van der Waals surface area contributed by atoms with Crippen LogP contribution in [-0.4, -0.2) is 67.7 Å². The number of rotatable bonds is 5. The van der Waals surface area contributed by atoms with E-state index in [1.165, 1.54) is 0 Å². The Balaban J connectivity index is 0.000000323. The first-order valence-corrected chi connectivity index (χ1v) is 11.0. The Hall–Kier alpha value is -3.77. The molecule has 0 bridgehead atoms. The lowest BCUT2D eigenvalue weighted by molar-refractivity contribution is -0.131. The molecule has 2 amide bonds. The second-order valence-corrected chi connectivity index (χ2v) is 7.84. The molecule has 4 rings (SSSR count). The molecule has 3 aromatic rings. The Morgan fingerprint density at radius 1 is 0.788 bits per heavy atom. The molecule has 0 spiro atoms. The quantitative estimate of drug-likeness (QED) is 0.614. The van der Waals surface area contributed by atoms with E-state index in [0.717, 1.165) is 49.2 Å². The van der Waals surface area contributed by atoms with Crippen LogP contribution in [-0.2, 0) is 4.79 Å². The summed E-state index contributed by atoms with van der Waals surface area (Å²) < 4.78 is 0. The first-order valence-electron chi connectivity index (χ1n) is 11.0. The number of nitrogens with one attached hydrogen (secondary N) is 1. The van der Waals surface area contributed by atoms with Gasteiger partial charge in [-0.05, 0) is 30.3 Å². The largest absolute Gasteiger partial charge is 0.343 e. The maximum atomic E-state index is 12.2. The van der Waals surface area contributed by atoms with E-state index in [9.17, 15) is 14.4 Å². The minimum Gasteiger partial charge on any atom is -0.343 e. The molecule has 1 heterocycles. The van der Waals surface area contributed by atoms with E-state index in [-0.39, 0.29) is 18.4 Å². The molecule has 1 N–H and O–H groups in total.